The number of para-hydroxylation sites is 2. The van der Waals surface area contributed by atoms with Crippen LogP contribution in [0.15, 0.2) is 28.7 Å². The second kappa shape index (κ2) is 11.0. The number of carbonyl (C=O) groups is 3. The summed E-state index contributed by atoms with van der Waals surface area (Å²) < 4.78 is 11.4. The minimum Gasteiger partial charge on any atom is -0.443 e. The summed E-state index contributed by atoms with van der Waals surface area (Å²) in [6.07, 6.45) is 8.52. The largest absolute Gasteiger partial charge is 0.443 e. The molecular weight excluding hydrogens is 434 g/mol. The van der Waals surface area contributed by atoms with Gasteiger partial charge in [-0.25, -0.2) is 9.78 Å². The lowest BCUT2D eigenvalue weighted by atomic mass is 9.77. The molecule has 1 aliphatic heterocycles. The van der Waals surface area contributed by atoms with Crippen molar-refractivity contribution in [1.29, 1.82) is 0 Å². The Kier molecular flexibility index (Phi) is 7.85. The van der Waals surface area contributed by atoms with Crippen LogP contribution in [-0.2, 0) is 9.53 Å². The number of carbonyl (C=O) groups excluding carboxylic acids is 3. The number of benzene rings is 1. The van der Waals surface area contributed by atoms with Gasteiger partial charge in [0.2, 0.25) is 11.7 Å². The number of Topliss-reactive ketones (excluding diaryl/α,β-unsaturated/α-hetero) is 1. The van der Waals surface area contributed by atoms with Crippen molar-refractivity contribution in [2.45, 2.75) is 82.7 Å². The van der Waals surface area contributed by atoms with Crippen LogP contribution in [0.2, 0.25) is 0 Å². The minimum absolute atomic E-state index is 0.000151. The SMILES string of the molecule is NC(=O)O[C@](CCCC(=O)c1nc2ccccc2o1)(CC(=O)N1CCCC1)CC1CCCCC1. The molecule has 2 fully saturated rings. The lowest BCUT2D eigenvalue weighted by Crippen LogP contribution is -2.44. The van der Waals surface area contributed by atoms with Crippen molar-refractivity contribution >= 4 is 28.9 Å². The highest BCUT2D eigenvalue weighted by molar-refractivity contribution is 5.94. The molecule has 0 spiro atoms. The van der Waals surface area contributed by atoms with Crippen molar-refractivity contribution in [3.63, 3.8) is 0 Å². The van der Waals surface area contributed by atoms with E-state index in [1.807, 2.05) is 17.0 Å². The fourth-order valence-electron chi connectivity index (χ4n) is 5.55. The Morgan fingerprint density at radius 1 is 1.09 bits per heavy atom. The van der Waals surface area contributed by atoms with Gasteiger partial charge in [-0.2, -0.15) is 0 Å². The quantitative estimate of drug-likeness (QED) is 0.490. The van der Waals surface area contributed by atoms with Crippen molar-refractivity contribution in [3.05, 3.63) is 30.2 Å². The zero-order valence-electron chi connectivity index (χ0n) is 19.8. The number of primary amides is 1. The van der Waals surface area contributed by atoms with Gasteiger partial charge < -0.3 is 19.8 Å². The molecule has 1 saturated heterocycles. The molecule has 8 heteroatoms. The number of rotatable bonds is 10. The third kappa shape index (κ3) is 6.15. The van der Waals surface area contributed by atoms with Gasteiger partial charge in [-0.3, -0.25) is 9.59 Å². The summed E-state index contributed by atoms with van der Waals surface area (Å²) in [6.45, 7) is 1.48. The van der Waals surface area contributed by atoms with E-state index in [2.05, 4.69) is 4.98 Å². The normalized spacial score (nSPS) is 18.6. The molecule has 8 nitrogen and oxygen atoms in total. The Hall–Kier alpha value is -2.90. The average molecular weight is 470 g/mol. The zero-order valence-corrected chi connectivity index (χ0v) is 19.8. The molecule has 1 aliphatic carbocycles. The lowest BCUT2D eigenvalue weighted by Gasteiger charge is -2.37. The highest BCUT2D eigenvalue weighted by atomic mass is 16.6. The van der Waals surface area contributed by atoms with Crippen LogP contribution in [-0.4, -0.2) is 46.4 Å². The fraction of sp³-hybridized carbons (Fsp3) is 0.615. The molecule has 184 valence electrons. The van der Waals surface area contributed by atoms with Crippen molar-refractivity contribution in [3.8, 4) is 0 Å². The molecule has 0 unspecified atom stereocenters. The summed E-state index contributed by atoms with van der Waals surface area (Å²) in [5, 5.41) is 0. The van der Waals surface area contributed by atoms with E-state index in [1.165, 1.54) is 6.42 Å². The van der Waals surface area contributed by atoms with Crippen LogP contribution in [0, 0.1) is 5.92 Å². The molecule has 1 atom stereocenters. The van der Waals surface area contributed by atoms with Crippen molar-refractivity contribution < 1.29 is 23.5 Å². The molecule has 2 aromatic rings. The molecule has 0 radical (unpaired) electrons. The number of ketones is 1. The molecule has 0 bridgehead atoms. The van der Waals surface area contributed by atoms with Gasteiger partial charge in [0.1, 0.15) is 11.1 Å². The number of hydrogen-bond acceptors (Lipinski definition) is 6. The van der Waals surface area contributed by atoms with E-state index in [0.717, 1.165) is 51.6 Å². The van der Waals surface area contributed by atoms with Crippen molar-refractivity contribution in [2.24, 2.45) is 11.7 Å². The van der Waals surface area contributed by atoms with Crippen LogP contribution in [0.1, 0.15) is 87.7 Å². The maximum atomic E-state index is 13.1. The number of nitrogens with zero attached hydrogens (tertiary/aromatic N) is 2. The summed E-state index contributed by atoms with van der Waals surface area (Å²) in [4.78, 5) is 44.0. The first-order valence-corrected chi connectivity index (χ1v) is 12.6. The molecular formula is C26H35N3O5. The Labute approximate surface area is 200 Å². The fourth-order valence-corrected chi connectivity index (χ4v) is 5.55. The van der Waals surface area contributed by atoms with Gasteiger partial charge in [-0.15, -0.1) is 0 Å². The van der Waals surface area contributed by atoms with Crippen LogP contribution in [0.5, 0.6) is 0 Å². The molecule has 34 heavy (non-hydrogen) atoms. The van der Waals surface area contributed by atoms with E-state index in [0.29, 0.717) is 36.3 Å². The van der Waals surface area contributed by atoms with E-state index in [9.17, 15) is 14.4 Å². The van der Waals surface area contributed by atoms with Crippen molar-refractivity contribution in [2.75, 3.05) is 13.1 Å². The highest BCUT2D eigenvalue weighted by Gasteiger charge is 2.40. The first-order valence-electron chi connectivity index (χ1n) is 12.6. The summed E-state index contributed by atoms with van der Waals surface area (Å²) >= 11 is 0. The van der Waals surface area contributed by atoms with Crippen LogP contribution in [0.3, 0.4) is 0 Å². The van der Waals surface area contributed by atoms with Crippen LogP contribution in [0.4, 0.5) is 4.79 Å². The van der Waals surface area contributed by atoms with E-state index in [1.54, 1.807) is 12.1 Å². The molecule has 2 aliphatic rings. The summed E-state index contributed by atoms with van der Waals surface area (Å²) in [7, 11) is 0. The van der Waals surface area contributed by atoms with Gasteiger partial charge >= 0.3 is 6.09 Å². The predicted molar refractivity (Wildman–Crippen MR) is 127 cm³/mol. The average Bonchev–Trinajstić information content (AvgIpc) is 3.49. The third-order valence-corrected chi connectivity index (χ3v) is 7.20. The monoisotopic (exact) mass is 469 g/mol. The molecule has 4 rings (SSSR count). The van der Waals surface area contributed by atoms with Gasteiger partial charge in [0.05, 0.1) is 6.42 Å². The predicted octanol–water partition coefficient (Wildman–Crippen LogP) is 5.00. The number of aromatic nitrogens is 1. The first-order chi connectivity index (χ1) is 16.4. The zero-order chi connectivity index (χ0) is 24.0. The Balaban J connectivity index is 1.46. The van der Waals surface area contributed by atoms with Crippen LogP contribution < -0.4 is 5.73 Å². The van der Waals surface area contributed by atoms with E-state index < -0.39 is 11.7 Å². The summed E-state index contributed by atoms with van der Waals surface area (Å²) in [5.74, 6) is 0.266. The number of oxazole rings is 1. The molecule has 2 amide bonds. The van der Waals surface area contributed by atoms with Crippen molar-refractivity contribution in [1.82, 2.24) is 9.88 Å². The van der Waals surface area contributed by atoms with Gasteiger partial charge in [0.15, 0.2) is 5.58 Å². The summed E-state index contributed by atoms with van der Waals surface area (Å²) in [6, 6.07) is 7.26. The number of hydrogen-bond donors (Lipinski definition) is 1. The van der Waals surface area contributed by atoms with E-state index in [4.69, 9.17) is 14.9 Å². The number of amides is 2. The minimum atomic E-state index is -0.991. The number of fused-ring (bicyclic) bond motifs is 1. The standard InChI is InChI=1S/C26H35N3O5/c27-25(32)34-26(17-19-9-2-1-3-10-19,18-23(31)29-15-6-7-16-29)14-8-12-21(30)24-28-20-11-4-5-13-22(20)33-24/h4-5,11,13,19H,1-3,6-10,12,14-18H2,(H2,27,32)/t26-/m0/s1. The molecule has 2 heterocycles. The Bertz CT molecular complexity index is 974. The molecule has 1 aromatic carbocycles. The van der Waals surface area contributed by atoms with Crippen LogP contribution >= 0.6 is 0 Å². The number of ether oxygens (including phenoxy) is 1. The Morgan fingerprint density at radius 2 is 1.82 bits per heavy atom. The topological polar surface area (TPSA) is 116 Å². The smallest absolute Gasteiger partial charge is 0.405 e. The number of likely N-dealkylation sites (tertiary alicyclic amines) is 1. The molecule has 1 saturated carbocycles. The first kappa shape index (κ1) is 24.2. The number of nitrogens with two attached hydrogens (primary N) is 1. The highest BCUT2D eigenvalue weighted by Crippen LogP contribution is 2.38. The van der Waals surface area contributed by atoms with Crippen LogP contribution in [0.25, 0.3) is 11.1 Å². The third-order valence-electron chi connectivity index (χ3n) is 7.20. The maximum absolute atomic E-state index is 13.1. The summed E-state index contributed by atoms with van der Waals surface area (Å²) in [5.41, 5.74) is 5.73. The second-order valence-electron chi connectivity index (χ2n) is 9.84. The van der Waals surface area contributed by atoms with Gasteiger partial charge in [0, 0.05) is 19.5 Å². The Morgan fingerprint density at radius 3 is 2.53 bits per heavy atom. The van der Waals surface area contributed by atoms with Gasteiger partial charge in [-0.1, -0.05) is 44.2 Å². The second-order valence-corrected chi connectivity index (χ2v) is 9.84. The lowest BCUT2D eigenvalue weighted by molar-refractivity contribution is -0.136. The maximum Gasteiger partial charge on any atom is 0.405 e. The van der Waals surface area contributed by atoms with Gasteiger partial charge in [0.25, 0.3) is 5.89 Å². The molecule has 2 N–H and O–H groups in total. The van der Waals surface area contributed by atoms with E-state index >= 15 is 0 Å². The molecule has 1 aromatic heterocycles. The van der Waals surface area contributed by atoms with Gasteiger partial charge in [-0.05, 0) is 50.2 Å². The van der Waals surface area contributed by atoms with E-state index in [-0.39, 0.29) is 30.4 Å².